The molecule has 0 aliphatic carbocycles. The van der Waals surface area contributed by atoms with Crippen LogP contribution in [0.25, 0.3) is 11.3 Å². The first-order valence-corrected chi connectivity index (χ1v) is 5.02. The van der Waals surface area contributed by atoms with E-state index in [1.54, 1.807) is 17.5 Å². The van der Waals surface area contributed by atoms with E-state index in [0.717, 1.165) is 11.3 Å². The first-order chi connectivity index (χ1) is 6.40. The molecule has 0 bridgehead atoms. The Morgan fingerprint density at radius 2 is 2.21 bits per heavy atom. The molecule has 0 aliphatic rings. The lowest BCUT2D eigenvalue weighted by Gasteiger charge is -1.99. The Morgan fingerprint density at radius 3 is 2.86 bits per heavy atom. The van der Waals surface area contributed by atoms with E-state index >= 15 is 0 Å². The lowest BCUT2D eigenvalue weighted by Crippen LogP contribution is -1.96. The minimum atomic E-state index is 0. The summed E-state index contributed by atoms with van der Waals surface area (Å²) in [6, 6.07) is 6.03. The third-order valence-corrected chi connectivity index (χ3v) is 2.56. The number of rotatable bonds is 2. The van der Waals surface area contributed by atoms with Gasteiger partial charge in [0.05, 0.1) is 5.69 Å². The average molecular weight is 227 g/mol. The van der Waals surface area contributed by atoms with Crippen molar-refractivity contribution in [2.75, 3.05) is 0 Å². The highest BCUT2D eigenvalue weighted by molar-refractivity contribution is 7.08. The monoisotopic (exact) mass is 226 g/mol. The summed E-state index contributed by atoms with van der Waals surface area (Å²) in [7, 11) is 0. The van der Waals surface area contributed by atoms with E-state index in [-0.39, 0.29) is 12.4 Å². The highest BCUT2D eigenvalue weighted by atomic mass is 35.5. The lowest BCUT2D eigenvalue weighted by atomic mass is 10.1. The van der Waals surface area contributed by atoms with Crippen LogP contribution in [0.3, 0.4) is 0 Å². The van der Waals surface area contributed by atoms with Crippen LogP contribution in [0.15, 0.2) is 35.2 Å². The third-order valence-electron chi connectivity index (χ3n) is 1.88. The fraction of sp³-hybridized carbons (Fsp3) is 0.100. The van der Waals surface area contributed by atoms with Gasteiger partial charge in [0.2, 0.25) is 0 Å². The minimum Gasteiger partial charge on any atom is -0.326 e. The summed E-state index contributed by atoms with van der Waals surface area (Å²) in [5.74, 6) is 0. The smallest absolute Gasteiger partial charge is 0.0713 e. The zero-order valence-electron chi connectivity index (χ0n) is 7.51. The molecule has 2 rings (SSSR count). The number of halogens is 1. The second-order valence-corrected chi connectivity index (χ2v) is 3.55. The van der Waals surface area contributed by atoms with Crippen LogP contribution in [0.2, 0.25) is 0 Å². The zero-order valence-corrected chi connectivity index (χ0v) is 9.15. The number of pyridine rings is 1. The van der Waals surface area contributed by atoms with Crippen molar-refractivity contribution < 1.29 is 0 Å². The Labute approximate surface area is 93.2 Å². The van der Waals surface area contributed by atoms with Gasteiger partial charge in [-0.2, -0.15) is 11.3 Å². The highest BCUT2D eigenvalue weighted by Crippen LogP contribution is 2.20. The fourth-order valence-electron chi connectivity index (χ4n) is 1.17. The van der Waals surface area contributed by atoms with Gasteiger partial charge < -0.3 is 5.73 Å². The largest absolute Gasteiger partial charge is 0.326 e. The standard InChI is InChI=1S/C10H10N2S.ClH/c11-6-8-1-3-12-10(5-8)9-2-4-13-7-9;/h1-5,7H,6,11H2;1H. The van der Waals surface area contributed by atoms with E-state index in [9.17, 15) is 0 Å². The van der Waals surface area contributed by atoms with Crippen LogP contribution in [0, 0.1) is 0 Å². The number of nitrogens with zero attached hydrogens (tertiary/aromatic N) is 1. The average Bonchev–Trinajstić information content (AvgIpc) is 2.71. The summed E-state index contributed by atoms with van der Waals surface area (Å²) >= 11 is 1.68. The Kier molecular flexibility index (Phi) is 4.07. The minimum absolute atomic E-state index is 0. The van der Waals surface area contributed by atoms with Gasteiger partial charge in [-0.3, -0.25) is 4.98 Å². The van der Waals surface area contributed by atoms with E-state index in [4.69, 9.17) is 5.73 Å². The van der Waals surface area contributed by atoms with Gasteiger partial charge in [-0.05, 0) is 29.1 Å². The molecule has 0 aliphatic heterocycles. The Bertz CT molecular complexity index is 387. The molecular weight excluding hydrogens is 216 g/mol. The predicted octanol–water partition coefficient (Wildman–Crippen LogP) is 2.69. The van der Waals surface area contributed by atoms with Gasteiger partial charge in [0, 0.05) is 23.7 Å². The first kappa shape index (κ1) is 11.2. The van der Waals surface area contributed by atoms with Gasteiger partial charge in [-0.15, -0.1) is 12.4 Å². The van der Waals surface area contributed by atoms with E-state index < -0.39 is 0 Å². The number of nitrogens with two attached hydrogens (primary N) is 1. The van der Waals surface area contributed by atoms with Gasteiger partial charge in [-0.1, -0.05) is 0 Å². The number of aromatic nitrogens is 1. The van der Waals surface area contributed by atoms with E-state index in [0.29, 0.717) is 6.54 Å². The number of hydrogen-bond donors (Lipinski definition) is 1. The van der Waals surface area contributed by atoms with Crippen LogP contribution in [0.1, 0.15) is 5.56 Å². The molecule has 0 aromatic carbocycles. The topological polar surface area (TPSA) is 38.9 Å². The fourth-order valence-corrected chi connectivity index (χ4v) is 1.82. The molecule has 2 N–H and O–H groups in total. The van der Waals surface area contributed by atoms with Crippen molar-refractivity contribution in [3.63, 3.8) is 0 Å². The SMILES string of the molecule is Cl.NCc1ccnc(-c2ccsc2)c1. The summed E-state index contributed by atoms with van der Waals surface area (Å²) in [4.78, 5) is 4.28. The maximum Gasteiger partial charge on any atom is 0.0713 e. The van der Waals surface area contributed by atoms with Crippen LogP contribution in [-0.2, 0) is 6.54 Å². The maximum atomic E-state index is 5.55. The molecule has 0 atom stereocenters. The predicted molar refractivity (Wildman–Crippen MR) is 62.7 cm³/mol. The van der Waals surface area contributed by atoms with Crippen LogP contribution in [0.4, 0.5) is 0 Å². The number of hydrogen-bond acceptors (Lipinski definition) is 3. The quantitative estimate of drug-likeness (QED) is 0.855. The third kappa shape index (κ3) is 2.32. The Balaban J connectivity index is 0.000000980. The maximum absolute atomic E-state index is 5.55. The van der Waals surface area contributed by atoms with Crippen LogP contribution < -0.4 is 5.73 Å². The molecule has 2 heterocycles. The van der Waals surface area contributed by atoms with Crippen molar-refractivity contribution >= 4 is 23.7 Å². The van der Waals surface area contributed by atoms with Crippen molar-refractivity contribution in [3.8, 4) is 11.3 Å². The molecule has 2 nitrogen and oxygen atoms in total. The second kappa shape index (κ2) is 5.10. The molecule has 14 heavy (non-hydrogen) atoms. The van der Waals surface area contributed by atoms with Crippen molar-refractivity contribution in [3.05, 3.63) is 40.7 Å². The summed E-state index contributed by atoms with van der Waals surface area (Å²) < 4.78 is 0. The van der Waals surface area contributed by atoms with E-state index in [1.807, 2.05) is 17.5 Å². The molecule has 4 heteroatoms. The summed E-state index contributed by atoms with van der Waals surface area (Å²) in [6.45, 7) is 0.569. The molecule has 2 aromatic rings. The van der Waals surface area contributed by atoms with Crippen molar-refractivity contribution in [2.24, 2.45) is 5.73 Å². The molecule has 0 saturated heterocycles. The van der Waals surface area contributed by atoms with Gasteiger partial charge in [0.25, 0.3) is 0 Å². The molecule has 2 aromatic heterocycles. The second-order valence-electron chi connectivity index (χ2n) is 2.77. The van der Waals surface area contributed by atoms with E-state index in [1.165, 1.54) is 5.56 Å². The van der Waals surface area contributed by atoms with Gasteiger partial charge in [0.1, 0.15) is 0 Å². The van der Waals surface area contributed by atoms with Crippen molar-refractivity contribution in [1.82, 2.24) is 4.98 Å². The van der Waals surface area contributed by atoms with Gasteiger partial charge >= 0.3 is 0 Å². The highest BCUT2D eigenvalue weighted by Gasteiger charge is 1.99. The molecule has 0 unspecified atom stereocenters. The van der Waals surface area contributed by atoms with Crippen molar-refractivity contribution in [2.45, 2.75) is 6.54 Å². The molecule has 74 valence electrons. The van der Waals surface area contributed by atoms with Crippen molar-refractivity contribution in [1.29, 1.82) is 0 Å². The van der Waals surface area contributed by atoms with Crippen LogP contribution in [-0.4, -0.2) is 4.98 Å². The van der Waals surface area contributed by atoms with Crippen LogP contribution in [0.5, 0.6) is 0 Å². The normalized spacial score (nSPS) is 9.50. The number of thiophene rings is 1. The van der Waals surface area contributed by atoms with Gasteiger partial charge in [0.15, 0.2) is 0 Å². The zero-order chi connectivity index (χ0) is 9.10. The first-order valence-electron chi connectivity index (χ1n) is 4.08. The lowest BCUT2D eigenvalue weighted by molar-refractivity contribution is 1.06. The summed E-state index contributed by atoms with van der Waals surface area (Å²) in [6.07, 6.45) is 1.80. The van der Waals surface area contributed by atoms with Gasteiger partial charge in [-0.25, -0.2) is 0 Å². The van der Waals surface area contributed by atoms with Crippen LogP contribution >= 0.6 is 23.7 Å². The van der Waals surface area contributed by atoms with E-state index in [2.05, 4.69) is 16.4 Å². The molecular formula is C10H11ClN2S. The Hall–Kier alpha value is -0.900. The molecule has 0 fully saturated rings. The summed E-state index contributed by atoms with van der Waals surface area (Å²) in [5.41, 5.74) is 8.84. The summed E-state index contributed by atoms with van der Waals surface area (Å²) in [5, 5.41) is 4.13. The molecule has 0 spiro atoms. The molecule has 0 amide bonds. The molecule has 0 saturated carbocycles. The Morgan fingerprint density at radius 1 is 1.36 bits per heavy atom. The molecule has 0 radical (unpaired) electrons.